The number of nitrogens with zero attached hydrogens (tertiary/aromatic N) is 3. The van der Waals surface area contributed by atoms with Gasteiger partial charge in [0.2, 0.25) is 4.96 Å². The molecule has 0 fully saturated rings. The molecule has 0 atom stereocenters. The third-order valence-electron chi connectivity index (χ3n) is 4.07. The second kappa shape index (κ2) is 7.02. The first kappa shape index (κ1) is 17.5. The number of rotatable bonds is 4. The molecule has 2 heterocycles. The van der Waals surface area contributed by atoms with Gasteiger partial charge < -0.3 is 9.47 Å². The van der Waals surface area contributed by atoms with Crippen LogP contribution in [0.4, 0.5) is 0 Å². The number of aromatic nitrogens is 3. The van der Waals surface area contributed by atoms with E-state index in [9.17, 15) is 4.79 Å². The first-order valence-corrected chi connectivity index (χ1v) is 9.18. The molecule has 4 rings (SSSR count). The van der Waals surface area contributed by atoms with Crippen LogP contribution in [0, 0.1) is 0 Å². The Hall–Kier alpha value is -2.90. The maximum atomic E-state index is 12.9. The van der Waals surface area contributed by atoms with Gasteiger partial charge in [0.1, 0.15) is 0 Å². The average molecular weight is 400 g/mol. The van der Waals surface area contributed by atoms with Crippen LogP contribution in [0.5, 0.6) is 11.5 Å². The summed E-state index contributed by atoms with van der Waals surface area (Å²) in [7, 11) is 3.15. The van der Waals surface area contributed by atoms with Crippen LogP contribution in [0.25, 0.3) is 22.4 Å². The summed E-state index contributed by atoms with van der Waals surface area (Å²) in [6.45, 7) is 0. The van der Waals surface area contributed by atoms with Crippen LogP contribution in [0.3, 0.4) is 0 Å². The average Bonchev–Trinajstić information content (AvgIpc) is 3.22. The molecule has 0 saturated heterocycles. The normalized spacial score (nSPS) is 11.9. The van der Waals surface area contributed by atoms with E-state index in [2.05, 4.69) is 10.2 Å². The topological polar surface area (TPSA) is 65.7 Å². The van der Waals surface area contributed by atoms with Gasteiger partial charge in [0.25, 0.3) is 5.56 Å². The molecule has 6 nitrogen and oxygen atoms in total. The molecule has 0 aliphatic heterocycles. The van der Waals surface area contributed by atoms with E-state index in [0.717, 1.165) is 5.56 Å². The van der Waals surface area contributed by atoms with E-state index in [1.807, 2.05) is 30.3 Å². The van der Waals surface area contributed by atoms with E-state index in [0.29, 0.717) is 37.4 Å². The van der Waals surface area contributed by atoms with Gasteiger partial charge in [-0.1, -0.05) is 41.1 Å². The predicted molar refractivity (Wildman–Crippen MR) is 106 cm³/mol. The van der Waals surface area contributed by atoms with Gasteiger partial charge in [0, 0.05) is 5.56 Å². The highest BCUT2D eigenvalue weighted by Gasteiger charge is 2.16. The van der Waals surface area contributed by atoms with Crippen LogP contribution in [-0.4, -0.2) is 28.8 Å². The maximum absolute atomic E-state index is 12.9. The smallest absolute Gasteiger partial charge is 0.276 e. The predicted octanol–water partition coefficient (Wildman–Crippen LogP) is 3.04. The third kappa shape index (κ3) is 3.05. The molecule has 0 aliphatic carbocycles. The molecule has 0 aliphatic rings. The lowest BCUT2D eigenvalue weighted by Crippen LogP contribution is -2.23. The minimum atomic E-state index is -0.190. The minimum Gasteiger partial charge on any atom is -0.493 e. The van der Waals surface area contributed by atoms with Crippen LogP contribution in [0.15, 0.2) is 47.3 Å². The van der Waals surface area contributed by atoms with Gasteiger partial charge in [-0.25, -0.2) is 4.40 Å². The standard InChI is InChI=1S/C19H14ClN3O3S/c1-25-14-8-7-11(9-15(14)26-2)10-16-18(24)23-17(21-22-19(23)27-16)12-5-3-4-6-13(12)20/h3-10H,1-2H3/b16-10-. The fourth-order valence-corrected chi connectivity index (χ4v) is 3.91. The number of thiazole rings is 1. The summed E-state index contributed by atoms with van der Waals surface area (Å²) in [5, 5.41) is 8.78. The van der Waals surface area contributed by atoms with Crippen LogP contribution >= 0.6 is 22.9 Å². The van der Waals surface area contributed by atoms with Gasteiger partial charge in [0.15, 0.2) is 17.3 Å². The van der Waals surface area contributed by atoms with Crippen molar-refractivity contribution in [3.8, 4) is 22.9 Å². The number of hydrogen-bond acceptors (Lipinski definition) is 6. The summed E-state index contributed by atoms with van der Waals surface area (Å²) in [6.07, 6.45) is 1.79. The molecular formula is C19H14ClN3O3S. The summed E-state index contributed by atoms with van der Waals surface area (Å²) in [6, 6.07) is 12.7. The SMILES string of the molecule is COc1ccc(/C=c2\sc3nnc(-c4ccccc4Cl)n3c2=O)cc1OC. The summed E-state index contributed by atoms with van der Waals surface area (Å²) in [5.41, 5.74) is 1.30. The van der Waals surface area contributed by atoms with Crippen molar-refractivity contribution in [1.82, 2.24) is 14.6 Å². The van der Waals surface area contributed by atoms with Gasteiger partial charge in [-0.15, -0.1) is 10.2 Å². The van der Waals surface area contributed by atoms with Crippen molar-refractivity contribution in [2.45, 2.75) is 0 Å². The van der Waals surface area contributed by atoms with Crippen molar-refractivity contribution < 1.29 is 9.47 Å². The Morgan fingerprint density at radius 1 is 1.07 bits per heavy atom. The second-order valence-electron chi connectivity index (χ2n) is 5.65. The van der Waals surface area contributed by atoms with Crippen molar-refractivity contribution in [1.29, 1.82) is 0 Å². The van der Waals surface area contributed by atoms with E-state index in [4.69, 9.17) is 21.1 Å². The van der Waals surface area contributed by atoms with Gasteiger partial charge in [0.05, 0.1) is 23.8 Å². The van der Waals surface area contributed by atoms with Gasteiger partial charge in [-0.3, -0.25) is 4.79 Å². The number of benzene rings is 2. The van der Waals surface area contributed by atoms with E-state index >= 15 is 0 Å². The molecule has 136 valence electrons. The molecule has 0 spiro atoms. The van der Waals surface area contributed by atoms with Crippen molar-refractivity contribution in [3.05, 3.63) is 67.9 Å². The largest absolute Gasteiger partial charge is 0.493 e. The molecule has 2 aromatic heterocycles. The number of ether oxygens (including phenoxy) is 2. The summed E-state index contributed by atoms with van der Waals surface area (Å²) < 4.78 is 12.6. The second-order valence-corrected chi connectivity index (χ2v) is 7.07. The molecule has 0 bridgehead atoms. The number of methoxy groups -OCH3 is 2. The van der Waals surface area contributed by atoms with Gasteiger partial charge in [-0.2, -0.15) is 0 Å². The Morgan fingerprint density at radius 3 is 2.59 bits per heavy atom. The molecule has 27 heavy (non-hydrogen) atoms. The van der Waals surface area contributed by atoms with E-state index in [-0.39, 0.29) is 5.56 Å². The van der Waals surface area contributed by atoms with E-state index in [1.165, 1.54) is 15.7 Å². The molecule has 0 amide bonds. The Balaban J connectivity index is 1.88. The lowest BCUT2D eigenvalue weighted by Gasteiger charge is -2.07. The Morgan fingerprint density at radius 2 is 1.85 bits per heavy atom. The van der Waals surface area contributed by atoms with Crippen molar-refractivity contribution in [2.75, 3.05) is 14.2 Å². The molecule has 8 heteroatoms. The number of hydrogen-bond donors (Lipinski definition) is 0. The molecule has 2 aromatic carbocycles. The van der Waals surface area contributed by atoms with E-state index in [1.54, 1.807) is 32.4 Å². The lowest BCUT2D eigenvalue weighted by molar-refractivity contribution is 0.355. The first-order valence-electron chi connectivity index (χ1n) is 7.99. The molecule has 0 saturated carbocycles. The van der Waals surface area contributed by atoms with Crippen molar-refractivity contribution >= 4 is 34.0 Å². The van der Waals surface area contributed by atoms with Crippen LogP contribution in [-0.2, 0) is 0 Å². The zero-order chi connectivity index (χ0) is 19.0. The minimum absolute atomic E-state index is 0.190. The zero-order valence-corrected chi connectivity index (χ0v) is 16.0. The van der Waals surface area contributed by atoms with Crippen molar-refractivity contribution in [2.24, 2.45) is 0 Å². The van der Waals surface area contributed by atoms with Crippen LogP contribution < -0.4 is 19.6 Å². The highest BCUT2D eigenvalue weighted by atomic mass is 35.5. The molecular weight excluding hydrogens is 386 g/mol. The van der Waals surface area contributed by atoms with Crippen LogP contribution in [0.2, 0.25) is 5.02 Å². The van der Waals surface area contributed by atoms with E-state index < -0.39 is 0 Å². The highest BCUT2D eigenvalue weighted by Crippen LogP contribution is 2.28. The molecule has 0 unspecified atom stereocenters. The zero-order valence-electron chi connectivity index (χ0n) is 14.5. The van der Waals surface area contributed by atoms with Gasteiger partial charge >= 0.3 is 0 Å². The fraction of sp³-hybridized carbons (Fsp3) is 0.105. The summed E-state index contributed by atoms with van der Waals surface area (Å²) in [4.78, 5) is 13.5. The fourth-order valence-electron chi connectivity index (χ4n) is 2.77. The summed E-state index contributed by atoms with van der Waals surface area (Å²) >= 11 is 7.52. The molecule has 0 radical (unpaired) electrons. The Kier molecular flexibility index (Phi) is 4.55. The number of halogens is 1. The van der Waals surface area contributed by atoms with Crippen molar-refractivity contribution in [3.63, 3.8) is 0 Å². The lowest BCUT2D eigenvalue weighted by atomic mass is 10.2. The van der Waals surface area contributed by atoms with Crippen LogP contribution in [0.1, 0.15) is 5.56 Å². The summed E-state index contributed by atoms with van der Waals surface area (Å²) in [5.74, 6) is 1.66. The maximum Gasteiger partial charge on any atom is 0.276 e. The Bertz CT molecular complexity index is 1250. The highest BCUT2D eigenvalue weighted by molar-refractivity contribution is 7.15. The van der Waals surface area contributed by atoms with Gasteiger partial charge in [-0.05, 0) is 35.9 Å². The third-order valence-corrected chi connectivity index (χ3v) is 5.36. The monoisotopic (exact) mass is 399 g/mol. The quantitative estimate of drug-likeness (QED) is 0.527. The number of fused-ring (bicyclic) bond motifs is 1. The Labute approximate surface area is 163 Å². The molecule has 0 N–H and O–H groups in total. The first-order chi connectivity index (χ1) is 13.1. The molecule has 4 aromatic rings.